The van der Waals surface area contributed by atoms with E-state index in [2.05, 4.69) is 31.6 Å². The van der Waals surface area contributed by atoms with Crippen molar-refractivity contribution in [3.05, 3.63) is 16.9 Å². The maximum atomic E-state index is 9.42. The van der Waals surface area contributed by atoms with Gasteiger partial charge in [0.1, 0.15) is 5.54 Å². The van der Waals surface area contributed by atoms with Crippen LogP contribution in [0.2, 0.25) is 5.02 Å². The van der Waals surface area contributed by atoms with Crippen LogP contribution in [0.25, 0.3) is 0 Å². The first kappa shape index (κ1) is 14.9. The van der Waals surface area contributed by atoms with Crippen LogP contribution >= 0.6 is 11.6 Å². The lowest BCUT2D eigenvalue weighted by Crippen LogP contribution is -2.54. The summed E-state index contributed by atoms with van der Waals surface area (Å²) in [5.74, 6) is 0.781. The standard InChI is InChI=1S/C15H17ClN6/c1-14(2,8-17)15(3)11(7-19-22-15)20-13-18-6-10(16)12(21-13)9-4-5-9/h6-7,9,22H,4-5H2,1-3H3. The van der Waals surface area contributed by atoms with Crippen molar-refractivity contribution in [1.82, 2.24) is 15.4 Å². The van der Waals surface area contributed by atoms with E-state index in [-0.39, 0.29) is 0 Å². The fourth-order valence-electron chi connectivity index (χ4n) is 2.30. The van der Waals surface area contributed by atoms with Gasteiger partial charge in [-0.15, -0.1) is 0 Å². The van der Waals surface area contributed by atoms with E-state index in [0.29, 0.717) is 22.6 Å². The predicted molar refractivity (Wildman–Crippen MR) is 85.5 cm³/mol. The summed E-state index contributed by atoms with van der Waals surface area (Å²) in [6.07, 6.45) is 5.42. The zero-order valence-electron chi connectivity index (χ0n) is 12.8. The highest BCUT2D eigenvalue weighted by Gasteiger charge is 2.48. The lowest BCUT2D eigenvalue weighted by Gasteiger charge is -2.35. The summed E-state index contributed by atoms with van der Waals surface area (Å²) < 4.78 is 0. The average molecular weight is 317 g/mol. The minimum absolute atomic E-state index is 0.358. The number of nitrogens with zero attached hydrogens (tertiary/aromatic N) is 5. The summed E-state index contributed by atoms with van der Waals surface area (Å²) in [5.41, 5.74) is 3.12. The van der Waals surface area contributed by atoms with Crippen LogP contribution in [0.4, 0.5) is 5.95 Å². The van der Waals surface area contributed by atoms with Gasteiger partial charge in [-0.2, -0.15) is 10.4 Å². The van der Waals surface area contributed by atoms with Crippen LogP contribution in [-0.4, -0.2) is 27.4 Å². The molecule has 2 aliphatic rings. The smallest absolute Gasteiger partial charge is 0.250 e. The number of nitrogens with one attached hydrogen (secondary N) is 1. The monoisotopic (exact) mass is 316 g/mol. The number of aliphatic imine (C=N–C) groups is 1. The van der Waals surface area contributed by atoms with Crippen molar-refractivity contribution in [2.45, 2.75) is 45.1 Å². The number of hydrogen-bond acceptors (Lipinski definition) is 6. The van der Waals surface area contributed by atoms with Crippen LogP contribution in [0.1, 0.15) is 45.2 Å². The molecular formula is C15H17ClN6. The van der Waals surface area contributed by atoms with E-state index in [1.54, 1.807) is 12.4 Å². The second-order valence-corrected chi connectivity index (χ2v) is 6.81. The van der Waals surface area contributed by atoms with Crippen molar-refractivity contribution in [2.75, 3.05) is 0 Å². The minimum atomic E-state index is -0.690. The van der Waals surface area contributed by atoms with Crippen LogP contribution in [0.5, 0.6) is 0 Å². The van der Waals surface area contributed by atoms with Crippen molar-refractivity contribution in [3.8, 4) is 6.07 Å². The summed E-state index contributed by atoms with van der Waals surface area (Å²) in [5, 5.41) is 14.1. The second-order valence-electron chi connectivity index (χ2n) is 6.41. The first-order valence-corrected chi connectivity index (χ1v) is 7.58. The van der Waals surface area contributed by atoms with Crippen molar-refractivity contribution in [3.63, 3.8) is 0 Å². The Bertz CT molecular complexity index is 713. The maximum absolute atomic E-state index is 9.42. The zero-order valence-corrected chi connectivity index (χ0v) is 13.5. The van der Waals surface area contributed by atoms with Crippen molar-refractivity contribution >= 4 is 29.5 Å². The predicted octanol–water partition coefficient (Wildman–Crippen LogP) is 2.98. The van der Waals surface area contributed by atoms with Crippen LogP contribution in [-0.2, 0) is 0 Å². The summed E-state index contributed by atoms with van der Waals surface area (Å²) in [6, 6.07) is 2.30. The topological polar surface area (TPSA) is 86.3 Å². The molecule has 3 rings (SSSR count). The summed E-state index contributed by atoms with van der Waals surface area (Å²) in [7, 11) is 0. The van der Waals surface area contributed by atoms with E-state index in [1.165, 1.54) is 0 Å². The average Bonchev–Trinajstić information content (AvgIpc) is 3.26. The molecule has 114 valence electrons. The van der Waals surface area contributed by atoms with Crippen molar-refractivity contribution in [1.29, 1.82) is 5.26 Å². The molecule has 1 atom stereocenters. The molecule has 1 unspecified atom stereocenters. The number of nitriles is 1. The van der Waals surface area contributed by atoms with Gasteiger partial charge in [-0.3, -0.25) is 5.43 Å². The number of hydrazone groups is 1. The number of aromatic nitrogens is 2. The minimum Gasteiger partial charge on any atom is -0.296 e. The van der Waals surface area contributed by atoms with Gasteiger partial charge in [-0.05, 0) is 33.6 Å². The molecule has 7 heteroatoms. The second kappa shape index (κ2) is 5.03. The van der Waals surface area contributed by atoms with E-state index in [4.69, 9.17) is 11.6 Å². The summed E-state index contributed by atoms with van der Waals surface area (Å²) in [6.45, 7) is 5.60. The highest BCUT2D eigenvalue weighted by atomic mass is 35.5. The number of hydrogen-bond donors (Lipinski definition) is 1. The molecule has 22 heavy (non-hydrogen) atoms. The third-order valence-corrected chi connectivity index (χ3v) is 4.75. The van der Waals surface area contributed by atoms with E-state index in [1.807, 2.05) is 20.8 Å². The number of halogens is 1. The van der Waals surface area contributed by atoms with E-state index in [0.717, 1.165) is 18.5 Å². The molecule has 1 aliphatic carbocycles. The zero-order chi connectivity index (χ0) is 16.0. The normalized spacial score (nSPS) is 26.0. The molecule has 2 heterocycles. The third-order valence-electron chi connectivity index (χ3n) is 4.46. The quantitative estimate of drug-likeness (QED) is 0.928. The van der Waals surface area contributed by atoms with Gasteiger partial charge in [-0.1, -0.05) is 11.6 Å². The molecule has 0 radical (unpaired) electrons. The van der Waals surface area contributed by atoms with E-state index >= 15 is 0 Å². The van der Waals surface area contributed by atoms with E-state index < -0.39 is 11.0 Å². The molecule has 6 nitrogen and oxygen atoms in total. The first-order valence-electron chi connectivity index (χ1n) is 7.20. The Labute approximate surface area is 134 Å². The molecular weight excluding hydrogens is 300 g/mol. The van der Waals surface area contributed by atoms with Crippen LogP contribution < -0.4 is 5.43 Å². The van der Waals surface area contributed by atoms with Crippen LogP contribution in [0.3, 0.4) is 0 Å². The van der Waals surface area contributed by atoms with Gasteiger partial charge in [0.05, 0.1) is 40.3 Å². The Morgan fingerprint density at radius 1 is 1.50 bits per heavy atom. The van der Waals surface area contributed by atoms with Crippen LogP contribution in [0.15, 0.2) is 16.3 Å². The largest absolute Gasteiger partial charge is 0.296 e. The van der Waals surface area contributed by atoms with Gasteiger partial charge in [0.2, 0.25) is 5.95 Å². The Morgan fingerprint density at radius 3 is 2.86 bits per heavy atom. The van der Waals surface area contributed by atoms with E-state index in [9.17, 15) is 5.26 Å². The molecule has 1 N–H and O–H groups in total. The lowest BCUT2D eigenvalue weighted by molar-refractivity contribution is 0.290. The Morgan fingerprint density at radius 2 is 2.23 bits per heavy atom. The Hall–Kier alpha value is -2.00. The van der Waals surface area contributed by atoms with Gasteiger partial charge in [0, 0.05) is 5.92 Å². The fraction of sp³-hybridized carbons (Fsp3) is 0.533. The molecule has 1 fully saturated rings. The maximum Gasteiger partial charge on any atom is 0.250 e. The van der Waals surface area contributed by atoms with Crippen molar-refractivity contribution < 1.29 is 0 Å². The molecule has 1 aromatic rings. The molecule has 1 aliphatic heterocycles. The van der Waals surface area contributed by atoms with Gasteiger partial charge >= 0.3 is 0 Å². The van der Waals surface area contributed by atoms with Crippen molar-refractivity contribution in [2.24, 2.45) is 15.5 Å². The molecule has 1 saturated carbocycles. The van der Waals surface area contributed by atoms with Gasteiger partial charge in [-0.25, -0.2) is 15.0 Å². The Kier molecular flexibility index (Phi) is 3.41. The highest BCUT2D eigenvalue weighted by Crippen LogP contribution is 2.42. The highest BCUT2D eigenvalue weighted by molar-refractivity contribution is 6.36. The van der Waals surface area contributed by atoms with Gasteiger partial charge in [0.15, 0.2) is 0 Å². The third kappa shape index (κ3) is 2.35. The molecule has 0 aromatic carbocycles. The SMILES string of the molecule is CC(C)(C#N)C1(C)NN=CC1=Nc1ncc(Cl)c(C2CC2)n1. The Balaban J connectivity index is 1.99. The van der Waals surface area contributed by atoms with Gasteiger partial charge < -0.3 is 0 Å². The fourth-order valence-corrected chi connectivity index (χ4v) is 2.54. The molecule has 0 amide bonds. The molecule has 0 spiro atoms. The molecule has 0 bridgehead atoms. The molecule has 1 aromatic heterocycles. The number of rotatable bonds is 3. The first-order chi connectivity index (χ1) is 10.4. The van der Waals surface area contributed by atoms with Crippen LogP contribution in [0, 0.1) is 16.7 Å². The van der Waals surface area contributed by atoms with Gasteiger partial charge in [0.25, 0.3) is 0 Å². The molecule has 0 saturated heterocycles. The summed E-state index contributed by atoms with van der Waals surface area (Å²) in [4.78, 5) is 13.2. The lowest BCUT2D eigenvalue weighted by atomic mass is 9.72. The summed E-state index contributed by atoms with van der Waals surface area (Å²) >= 11 is 6.14.